The van der Waals surface area contributed by atoms with Gasteiger partial charge in [0.1, 0.15) is 0 Å². The zero-order valence-electron chi connectivity index (χ0n) is 9.17. The predicted molar refractivity (Wildman–Crippen MR) is 59.3 cm³/mol. The van der Waals surface area contributed by atoms with Crippen molar-refractivity contribution in [3.63, 3.8) is 0 Å². The molecule has 2 N–H and O–H groups in total. The van der Waals surface area contributed by atoms with Crippen LogP contribution in [-0.2, 0) is 12.0 Å². The summed E-state index contributed by atoms with van der Waals surface area (Å²) >= 11 is 0. The van der Waals surface area contributed by atoms with Crippen molar-refractivity contribution in [2.24, 2.45) is 0 Å². The van der Waals surface area contributed by atoms with Gasteiger partial charge < -0.3 is 10.4 Å². The normalized spacial score (nSPS) is 11.7. The molecule has 0 aliphatic heterocycles. The topological polar surface area (TPSA) is 32.3 Å². The lowest BCUT2D eigenvalue weighted by molar-refractivity contribution is 0.0776. The molecule has 0 radical (unpaired) electrons. The van der Waals surface area contributed by atoms with Crippen LogP contribution in [0.2, 0.25) is 0 Å². The van der Waals surface area contributed by atoms with Gasteiger partial charge in [-0.25, -0.2) is 0 Å². The van der Waals surface area contributed by atoms with Crippen LogP contribution >= 0.6 is 0 Å². The third kappa shape index (κ3) is 2.82. The Hall–Kier alpha value is -0.860. The molecular weight excluding hydrogens is 174 g/mol. The zero-order valence-corrected chi connectivity index (χ0v) is 9.17. The second kappa shape index (κ2) is 4.58. The molecular formula is C12H19NO. The molecule has 0 fully saturated rings. The van der Waals surface area contributed by atoms with Gasteiger partial charge in [-0.15, -0.1) is 0 Å². The van der Waals surface area contributed by atoms with Gasteiger partial charge in [0.25, 0.3) is 0 Å². The van der Waals surface area contributed by atoms with E-state index in [9.17, 15) is 5.11 Å². The van der Waals surface area contributed by atoms with Gasteiger partial charge in [0.15, 0.2) is 0 Å². The number of benzene rings is 1. The Morgan fingerprint density at radius 3 is 2.50 bits per heavy atom. The molecule has 0 bridgehead atoms. The Morgan fingerprint density at radius 1 is 1.29 bits per heavy atom. The highest BCUT2D eigenvalue weighted by Crippen LogP contribution is 2.23. The summed E-state index contributed by atoms with van der Waals surface area (Å²) < 4.78 is 0. The van der Waals surface area contributed by atoms with Crippen LogP contribution in [0.3, 0.4) is 0 Å². The quantitative estimate of drug-likeness (QED) is 0.762. The molecule has 0 spiro atoms. The van der Waals surface area contributed by atoms with E-state index in [0.717, 1.165) is 18.5 Å². The van der Waals surface area contributed by atoms with Crippen LogP contribution in [0.4, 0.5) is 0 Å². The molecule has 0 aliphatic rings. The van der Waals surface area contributed by atoms with Crippen LogP contribution in [0.5, 0.6) is 0 Å². The van der Waals surface area contributed by atoms with E-state index in [0.29, 0.717) is 0 Å². The summed E-state index contributed by atoms with van der Waals surface area (Å²) in [6.07, 6.45) is 0.955. The van der Waals surface area contributed by atoms with E-state index in [2.05, 4.69) is 11.4 Å². The van der Waals surface area contributed by atoms with Crippen molar-refractivity contribution >= 4 is 0 Å². The second-order valence-corrected chi connectivity index (χ2v) is 4.07. The average molecular weight is 193 g/mol. The maximum Gasteiger partial charge on any atom is 0.0843 e. The molecule has 2 heteroatoms. The summed E-state index contributed by atoms with van der Waals surface area (Å²) in [5, 5.41) is 13.1. The maximum atomic E-state index is 9.95. The van der Waals surface area contributed by atoms with E-state index >= 15 is 0 Å². The molecule has 0 aliphatic carbocycles. The Morgan fingerprint density at radius 2 is 1.93 bits per heavy atom. The molecule has 0 heterocycles. The Bertz CT molecular complexity index is 289. The monoisotopic (exact) mass is 193 g/mol. The maximum absolute atomic E-state index is 9.95. The molecule has 0 atom stereocenters. The summed E-state index contributed by atoms with van der Waals surface area (Å²) in [4.78, 5) is 0. The Kier molecular flexibility index (Phi) is 3.67. The van der Waals surface area contributed by atoms with Gasteiger partial charge in [-0.2, -0.15) is 0 Å². The van der Waals surface area contributed by atoms with Crippen LogP contribution in [0.1, 0.15) is 25.0 Å². The number of rotatable bonds is 4. The minimum absolute atomic E-state index is 0.746. The Labute approximate surface area is 86.0 Å². The predicted octanol–water partition coefficient (Wildman–Crippen LogP) is 1.68. The van der Waals surface area contributed by atoms with Crippen molar-refractivity contribution in [2.75, 3.05) is 13.6 Å². The van der Waals surface area contributed by atoms with Gasteiger partial charge in [-0.3, -0.25) is 0 Å². The molecule has 2 nitrogen and oxygen atoms in total. The van der Waals surface area contributed by atoms with Gasteiger partial charge in [0, 0.05) is 0 Å². The second-order valence-electron chi connectivity index (χ2n) is 4.07. The average Bonchev–Trinajstić information content (AvgIpc) is 2.14. The minimum Gasteiger partial charge on any atom is -0.386 e. The summed E-state index contributed by atoms with van der Waals surface area (Å²) in [5.74, 6) is 0. The van der Waals surface area contributed by atoms with Gasteiger partial charge in [-0.1, -0.05) is 24.3 Å². The summed E-state index contributed by atoms with van der Waals surface area (Å²) in [7, 11) is 1.94. The van der Waals surface area contributed by atoms with Gasteiger partial charge >= 0.3 is 0 Å². The fourth-order valence-corrected chi connectivity index (χ4v) is 1.59. The Balaban J connectivity index is 2.92. The zero-order chi connectivity index (χ0) is 10.6. The van der Waals surface area contributed by atoms with E-state index in [-0.39, 0.29) is 0 Å². The van der Waals surface area contributed by atoms with E-state index in [1.165, 1.54) is 5.56 Å². The van der Waals surface area contributed by atoms with Crippen LogP contribution in [-0.4, -0.2) is 18.7 Å². The highest BCUT2D eigenvalue weighted by molar-refractivity contribution is 5.31. The first-order valence-corrected chi connectivity index (χ1v) is 5.01. The lowest BCUT2D eigenvalue weighted by atomic mass is 9.92. The van der Waals surface area contributed by atoms with E-state index < -0.39 is 5.60 Å². The first kappa shape index (κ1) is 11.2. The van der Waals surface area contributed by atoms with Crippen LogP contribution < -0.4 is 5.32 Å². The summed E-state index contributed by atoms with van der Waals surface area (Å²) in [5.41, 5.74) is 1.49. The van der Waals surface area contributed by atoms with Crippen molar-refractivity contribution in [1.29, 1.82) is 0 Å². The van der Waals surface area contributed by atoms with Crippen molar-refractivity contribution in [3.05, 3.63) is 35.4 Å². The highest BCUT2D eigenvalue weighted by Gasteiger charge is 2.18. The van der Waals surface area contributed by atoms with Gasteiger partial charge in [0.05, 0.1) is 5.60 Å². The van der Waals surface area contributed by atoms with Crippen molar-refractivity contribution in [1.82, 2.24) is 5.32 Å². The summed E-state index contributed by atoms with van der Waals surface area (Å²) in [6, 6.07) is 8.05. The number of likely N-dealkylation sites (N-methyl/N-ethyl adjacent to an activating group) is 1. The van der Waals surface area contributed by atoms with Crippen molar-refractivity contribution in [3.8, 4) is 0 Å². The molecule has 0 aromatic heterocycles. The standard InChI is InChI=1S/C12H19NO/c1-12(2,14)11-7-5-4-6-10(11)8-9-13-3/h4-7,13-14H,8-9H2,1-3H3. The third-order valence-corrected chi connectivity index (χ3v) is 2.32. The molecule has 1 aromatic rings. The van der Waals surface area contributed by atoms with Gasteiger partial charge in [0.2, 0.25) is 0 Å². The molecule has 14 heavy (non-hydrogen) atoms. The minimum atomic E-state index is -0.746. The van der Waals surface area contributed by atoms with Gasteiger partial charge in [-0.05, 0) is 45.0 Å². The molecule has 0 amide bonds. The van der Waals surface area contributed by atoms with Crippen LogP contribution in [0.25, 0.3) is 0 Å². The highest BCUT2D eigenvalue weighted by atomic mass is 16.3. The van der Waals surface area contributed by atoms with Crippen molar-refractivity contribution in [2.45, 2.75) is 25.9 Å². The smallest absolute Gasteiger partial charge is 0.0843 e. The third-order valence-electron chi connectivity index (χ3n) is 2.32. The first-order chi connectivity index (χ1) is 6.55. The fourth-order valence-electron chi connectivity index (χ4n) is 1.59. The lowest BCUT2D eigenvalue weighted by Crippen LogP contribution is -2.20. The van der Waals surface area contributed by atoms with Crippen molar-refractivity contribution < 1.29 is 5.11 Å². The fraction of sp³-hybridized carbons (Fsp3) is 0.500. The molecule has 0 saturated heterocycles. The molecule has 1 aromatic carbocycles. The molecule has 0 saturated carbocycles. The SMILES string of the molecule is CNCCc1ccccc1C(C)(C)O. The van der Waals surface area contributed by atoms with E-state index in [1.54, 1.807) is 0 Å². The molecule has 78 valence electrons. The number of hydrogen-bond acceptors (Lipinski definition) is 2. The lowest BCUT2D eigenvalue weighted by Gasteiger charge is -2.21. The van der Waals surface area contributed by atoms with Crippen LogP contribution in [0, 0.1) is 0 Å². The first-order valence-electron chi connectivity index (χ1n) is 5.01. The largest absolute Gasteiger partial charge is 0.386 e. The summed E-state index contributed by atoms with van der Waals surface area (Å²) in [6.45, 7) is 4.59. The molecule has 1 rings (SSSR count). The number of aliphatic hydroxyl groups is 1. The molecule has 0 unspecified atom stereocenters. The number of nitrogens with one attached hydrogen (secondary N) is 1. The van der Waals surface area contributed by atoms with E-state index in [4.69, 9.17) is 0 Å². The van der Waals surface area contributed by atoms with E-state index in [1.807, 2.05) is 39.1 Å². The number of hydrogen-bond donors (Lipinski definition) is 2. The van der Waals surface area contributed by atoms with Crippen LogP contribution in [0.15, 0.2) is 24.3 Å².